The lowest BCUT2D eigenvalue weighted by molar-refractivity contribution is -0.136. The number of hydrogen-bond donors (Lipinski definition) is 1. The van der Waals surface area contributed by atoms with Crippen molar-refractivity contribution in [3.63, 3.8) is 0 Å². The van der Waals surface area contributed by atoms with Crippen LogP contribution in [0.5, 0.6) is 5.75 Å². The lowest BCUT2D eigenvalue weighted by atomic mass is 9.74. The number of methoxy groups -OCH3 is 1. The van der Waals surface area contributed by atoms with E-state index in [0.29, 0.717) is 39.0 Å². The van der Waals surface area contributed by atoms with Gasteiger partial charge in [0.15, 0.2) is 0 Å². The Morgan fingerprint density at radius 3 is 2.55 bits per heavy atom. The smallest absolute Gasteiger partial charge is 0.227 e. The number of rotatable bonds is 7. The SMILES string of the molecule is COc1ccc(-c2cccc(CC3(C(=O)NCc4ccccn4)CCOCC3)c2)cc1. The molecule has 0 bridgehead atoms. The minimum absolute atomic E-state index is 0.0799. The highest BCUT2D eigenvalue weighted by Gasteiger charge is 2.40. The van der Waals surface area contributed by atoms with Gasteiger partial charge in [0.25, 0.3) is 0 Å². The molecule has 1 fully saturated rings. The molecule has 1 aromatic heterocycles. The molecule has 1 N–H and O–H groups in total. The summed E-state index contributed by atoms with van der Waals surface area (Å²) in [7, 11) is 1.67. The molecule has 1 aliphatic heterocycles. The van der Waals surface area contributed by atoms with E-state index in [1.165, 1.54) is 0 Å². The number of carbonyl (C=O) groups excluding carboxylic acids is 1. The fourth-order valence-electron chi connectivity index (χ4n) is 4.14. The van der Waals surface area contributed by atoms with Crippen LogP contribution < -0.4 is 10.1 Å². The van der Waals surface area contributed by atoms with Crippen molar-refractivity contribution in [3.8, 4) is 16.9 Å². The summed E-state index contributed by atoms with van der Waals surface area (Å²) in [6, 6.07) is 22.2. The first kappa shape index (κ1) is 21.1. The van der Waals surface area contributed by atoms with E-state index in [1.54, 1.807) is 13.3 Å². The van der Waals surface area contributed by atoms with Crippen LogP contribution in [0.25, 0.3) is 11.1 Å². The number of ether oxygens (including phenoxy) is 2. The van der Waals surface area contributed by atoms with E-state index >= 15 is 0 Å². The van der Waals surface area contributed by atoms with E-state index in [1.807, 2.05) is 30.3 Å². The van der Waals surface area contributed by atoms with Gasteiger partial charge in [0.05, 0.1) is 24.8 Å². The maximum Gasteiger partial charge on any atom is 0.227 e. The zero-order chi connectivity index (χ0) is 21.5. The topological polar surface area (TPSA) is 60.5 Å². The first-order chi connectivity index (χ1) is 15.2. The average molecular weight is 417 g/mol. The Kier molecular flexibility index (Phi) is 6.63. The number of amides is 1. The molecule has 5 heteroatoms. The lowest BCUT2D eigenvalue weighted by Crippen LogP contribution is -2.46. The van der Waals surface area contributed by atoms with Crippen LogP contribution in [0.15, 0.2) is 72.9 Å². The Balaban J connectivity index is 1.52. The molecule has 160 valence electrons. The van der Waals surface area contributed by atoms with Gasteiger partial charge in [0, 0.05) is 19.4 Å². The Labute approximate surface area is 183 Å². The first-order valence-corrected chi connectivity index (χ1v) is 10.7. The highest BCUT2D eigenvalue weighted by atomic mass is 16.5. The van der Waals surface area contributed by atoms with Crippen molar-refractivity contribution in [2.75, 3.05) is 20.3 Å². The van der Waals surface area contributed by atoms with E-state index in [2.05, 4.69) is 46.7 Å². The summed E-state index contributed by atoms with van der Waals surface area (Å²) in [6.07, 6.45) is 3.87. The van der Waals surface area contributed by atoms with Crippen molar-refractivity contribution >= 4 is 5.91 Å². The van der Waals surface area contributed by atoms with Crippen molar-refractivity contribution in [2.24, 2.45) is 5.41 Å². The molecule has 4 rings (SSSR count). The average Bonchev–Trinajstić information content (AvgIpc) is 2.84. The molecule has 3 aromatic rings. The summed E-state index contributed by atoms with van der Waals surface area (Å²) in [6.45, 7) is 1.65. The molecule has 1 amide bonds. The summed E-state index contributed by atoms with van der Waals surface area (Å²) in [5, 5.41) is 3.12. The van der Waals surface area contributed by atoms with Crippen LogP contribution >= 0.6 is 0 Å². The molecule has 0 unspecified atom stereocenters. The fraction of sp³-hybridized carbons (Fsp3) is 0.308. The maximum absolute atomic E-state index is 13.3. The zero-order valence-electron chi connectivity index (χ0n) is 17.8. The molecule has 0 spiro atoms. The number of nitrogens with one attached hydrogen (secondary N) is 1. The Hall–Kier alpha value is -3.18. The van der Waals surface area contributed by atoms with E-state index in [9.17, 15) is 4.79 Å². The van der Waals surface area contributed by atoms with Gasteiger partial charge in [-0.1, -0.05) is 42.5 Å². The number of nitrogens with zero attached hydrogens (tertiary/aromatic N) is 1. The third-order valence-electron chi connectivity index (χ3n) is 5.98. The molecule has 0 aliphatic carbocycles. The zero-order valence-corrected chi connectivity index (χ0v) is 17.8. The molecule has 0 atom stereocenters. The number of benzene rings is 2. The molecule has 2 aromatic carbocycles. The third kappa shape index (κ3) is 5.12. The summed E-state index contributed by atoms with van der Waals surface area (Å²) >= 11 is 0. The number of carbonyl (C=O) groups is 1. The number of aromatic nitrogens is 1. The van der Waals surface area contributed by atoms with Gasteiger partial charge >= 0.3 is 0 Å². The van der Waals surface area contributed by atoms with E-state index < -0.39 is 5.41 Å². The van der Waals surface area contributed by atoms with Crippen LogP contribution in [-0.2, 0) is 22.5 Å². The predicted octanol–water partition coefficient (Wildman–Crippen LogP) is 4.41. The van der Waals surface area contributed by atoms with Crippen molar-refractivity contribution < 1.29 is 14.3 Å². The van der Waals surface area contributed by atoms with E-state index in [0.717, 1.165) is 28.1 Å². The Morgan fingerprint density at radius 1 is 1.03 bits per heavy atom. The molecular formula is C26H28N2O3. The monoisotopic (exact) mass is 416 g/mol. The summed E-state index contributed by atoms with van der Waals surface area (Å²) in [5.74, 6) is 0.918. The molecule has 1 saturated heterocycles. The normalized spacial score (nSPS) is 15.3. The largest absolute Gasteiger partial charge is 0.497 e. The Morgan fingerprint density at radius 2 is 1.84 bits per heavy atom. The van der Waals surface area contributed by atoms with Gasteiger partial charge in [-0.2, -0.15) is 0 Å². The molecular weight excluding hydrogens is 388 g/mol. The van der Waals surface area contributed by atoms with Gasteiger partial charge in [0.1, 0.15) is 5.75 Å². The number of pyridine rings is 1. The molecule has 1 aliphatic rings. The number of hydrogen-bond acceptors (Lipinski definition) is 4. The van der Waals surface area contributed by atoms with Gasteiger partial charge in [-0.25, -0.2) is 0 Å². The molecule has 0 radical (unpaired) electrons. The van der Waals surface area contributed by atoms with Crippen LogP contribution in [0.1, 0.15) is 24.1 Å². The van der Waals surface area contributed by atoms with Crippen molar-refractivity contribution in [2.45, 2.75) is 25.8 Å². The van der Waals surface area contributed by atoms with Gasteiger partial charge in [-0.15, -0.1) is 0 Å². The van der Waals surface area contributed by atoms with Crippen LogP contribution in [0, 0.1) is 5.41 Å². The highest BCUT2D eigenvalue weighted by Crippen LogP contribution is 2.36. The van der Waals surface area contributed by atoms with Crippen LogP contribution in [-0.4, -0.2) is 31.2 Å². The van der Waals surface area contributed by atoms with Crippen LogP contribution in [0.3, 0.4) is 0 Å². The van der Waals surface area contributed by atoms with Crippen molar-refractivity contribution in [3.05, 3.63) is 84.2 Å². The lowest BCUT2D eigenvalue weighted by Gasteiger charge is -2.36. The molecule has 2 heterocycles. The van der Waals surface area contributed by atoms with Crippen LogP contribution in [0.4, 0.5) is 0 Å². The second-order valence-electron chi connectivity index (χ2n) is 8.00. The minimum Gasteiger partial charge on any atom is -0.497 e. The standard InChI is InChI=1S/C26H28N2O3/c1-30-24-10-8-21(9-11-24)22-6-4-5-20(17-22)18-26(12-15-31-16-13-26)25(29)28-19-23-7-2-3-14-27-23/h2-11,14,17H,12-13,15-16,18-19H2,1H3,(H,28,29). The van der Waals surface area contributed by atoms with Crippen molar-refractivity contribution in [1.29, 1.82) is 0 Å². The third-order valence-corrected chi connectivity index (χ3v) is 5.98. The summed E-state index contributed by atoms with van der Waals surface area (Å²) in [4.78, 5) is 17.6. The highest BCUT2D eigenvalue weighted by molar-refractivity contribution is 5.83. The predicted molar refractivity (Wildman–Crippen MR) is 121 cm³/mol. The minimum atomic E-state index is -0.467. The maximum atomic E-state index is 13.3. The van der Waals surface area contributed by atoms with E-state index in [-0.39, 0.29) is 5.91 Å². The van der Waals surface area contributed by atoms with Gasteiger partial charge in [0.2, 0.25) is 5.91 Å². The Bertz CT molecular complexity index is 997. The van der Waals surface area contributed by atoms with Gasteiger partial charge in [-0.3, -0.25) is 9.78 Å². The second kappa shape index (κ2) is 9.75. The summed E-state index contributed by atoms with van der Waals surface area (Å²) in [5.41, 5.74) is 3.81. The molecule has 5 nitrogen and oxygen atoms in total. The molecule has 31 heavy (non-hydrogen) atoms. The first-order valence-electron chi connectivity index (χ1n) is 10.7. The fourth-order valence-corrected chi connectivity index (χ4v) is 4.14. The quantitative estimate of drug-likeness (QED) is 0.620. The van der Waals surface area contributed by atoms with Gasteiger partial charge < -0.3 is 14.8 Å². The van der Waals surface area contributed by atoms with E-state index in [4.69, 9.17) is 9.47 Å². The summed E-state index contributed by atoms with van der Waals surface area (Å²) < 4.78 is 10.8. The van der Waals surface area contributed by atoms with Gasteiger partial charge in [-0.05, 0) is 60.2 Å². The molecule has 0 saturated carbocycles. The van der Waals surface area contributed by atoms with Crippen LogP contribution in [0.2, 0.25) is 0 Å². The second-order valence-corrected chi connectivity index (χ2v) is 8.00. The van der Waals surface area contributed by atoms with Crippen molar-refractivity contribution in [1.82, 2.24) is 10.3 Å².